The summed E-state index contributed by atoms with van der Waals surface area (Å²) in [6, 6.07) is 14.0. The van der Waals surface area contributed by atoms with Crippen LogP contribution in [0, 0.1) is 6.92 Å². The molecule has 0 atom stereocenters. The molecule has 2 rings (SSSR count). The number of hydrogen-bond donors (Lipinski definition) is 2. The second-order valence-corrected chi connectivity index (χ2v) is 5.45. The maximum Gasteiger partial charge on any atom is 0.251 e. The number of Topliss-reactive ketones (excluding diaryl/α,β-unsaturated/α-hetero) is 1. The topological polar surface area (TPSA) is 75.3 Å². The number of rotatable bonds is 6. The Bertz CT molecular complexity index is 754. The second kappa shape index (κ2) is 8.06. The van der Waals surface area contributed by atoms with E-state index in [2.05, 4.69) is 10.6 Å². The Hall–Kier alpha value is -2.95. The number of carbonyl (C=O) groups is 3. The number of anilines is 1. The number of benzene rings is 2. The highest BCUT2D eigenvalue weighted by Gasteiger charge is 2.11. The zero-order valence-corrected chi connectivity index (χ0v) is 13.8. The highest BCUT2D eigenvalue weighted by atomic mass is 16.2. The van der Waals surface area contributed by atoms with Crippen LogP contribution in [0.1, 0.15) is 39.1 Å². The van der Waals surface area contributed by atoms with E-state index in [4.69, 9.17) is 0 Å². The molecule has 24 heavy (non-hydrogen) atoms. The van der Waals surface area contributed by atoms with Crippen molar-refractivity contribution in [1.82, 2.24) is 5.32 Å². The van der Waals surface area contributed by atoms with E-state index >= 15 is 0 Å². The fraction of sp³-hybridized carbons (Fsp3) is 0.211. The van der Waals surface area contributed by atoms with Crippen molar-refractivity contribution < 1.29 is 14.4 Å². The average molecular weight is 324 g/mol. The van der Waals surface area contributed by atoms with Crippen molar-refractivity contribution in [3.05, 3.63) is 65.2 Å². The van der Waals surface area contributed by atoms with Crippen LogP contribution < -0.4 is 10.6 Å². The van der Waals surface area contributed by atoms with E-state index in [0.717, 1.165) is 5.56 Å². The summed E-state index contributed by atoms with van der Waals surface area (Å²) in [5, 5.41) is 5.33. The van der Waals surface area contributed by atoms with Gasteiger partial charge in [0.05, 0.1) is 0 Å². The van der Waals surface area contributed by atoms with Crippen molar-refractivity contribution >= 4 is 23.3 Å². The van der Waals surface area contributed by atoms with Crippen LogP contribution in [0.5, 0.6) is 0 Å². The Labute approximate surface area is 141 Å². The molecule has 0 aliphatic carbocycles. The Morgan fingerprint density at radius 2 is 1.62 bits per heavy atom. The predicted octanol–water partition coefficient (Wildman–Crippen LogP) is 2.96. The molecule has 2 amide bonds. The number of aryl methyl sites for hydroxylation is 1. The van der Waals surface area contributed by atoms with Crippen LogP contribution >= 0.6 is 0 Å². The molecule has 0 aliphatic rings. The van der Waals surface area contributed by atoms with Gasteiger partial charge in [0, 0.05) is 36.7 Å². The lowest BCUT2D eigenvalue weighted by molar-refractivity contribution is -0.116. The van der Waals surface area contributed by atoms with E-state index in [1.165, 1.54) is 0 Å². The average Bonchev–Trinajstić information content (AvgIpc) is 2.61. The van der Waals surface area contributed by atoms with Gasteiger partial charge in [0.2, 0.25) is 5.91 Å². The quantitative estimate of drug-likeness (QED) is 0.802. The lowest BCUT2D eigenvalue weighted by Crippen LogP contribution is -2.18. The monoisotopic (exact) mass is 324 g/mol. The summed E-state index contributed by atoms with van der Waals surface area (Å²) in [5.74, 6) is -0.461. The fourth-order valence-electron chi connectivity index (χ4n) is 2.30. The molecule has 0 spiro atoms. The van der Waals surface area contributed by atoms with Gasteiger partial charge >= 0.3 is 0 Å². The van der Waals surface area contributed by atoms with E-state index in [1.54, 1.807) is 49.5 Å². The van der Waals surface area contributed by atoms with Crippen molar-refractivity contribution in [2.24, 2.45) is 0 Å². The van der Waals surface area contributed by atoms with Gasteiger partial charge in [-0.1, -0.05) is 30.3 Å². The van der Waals surface area contributed by atoms with Gasteiger partial charge in [-0.2, -0.15) is 0 Å². The normalized spacial score (nSPS) is 10.1. The van der Waals surface area contributed by atoms with E-state index in [-0.39, 0.29) is 30.4 Å². The van der Waals surface area contributed by atoms with Gasteiger partial charge in [0.1, 0.15) is 0 Å². The standard InChI is InChI=1S/C19H20N2O3/c1-13-12-15(19(24)20-2)8-9-16(13)21-18(23)11-10-17(22)14-6-4-3-5-7-14/h3-9,12H,10-11H2,1-2H3,(H,20,24)(H,21,23). The van der Waals surface area contributed by atoms with Crippen LogP contribution in [0.4, 0.5) is 5.69 Å². The zero-order chi connectivity index (χ0) is 17.5. The Balaban J connectivity index is 1.93. The number of carbonyl (C=O) groups excluding carboxylic acids is 3. The minimum atomic E-state index is -0.227. The number of nitrogens with one attached hydrogen (secondary N) is 2. The van der Waals surface area contributed by atoms with Gasteiger partial charge in [-0.05, 0) is 30.7 Å². The molecule has 0 fully saturated rings. The van der Waals surface area contributed by atoms with Gasteiger partial charge in [-0.25, -0.2) is 0 Å². The molecule has 0 radical (unpaired) electrons. The van der Waals surface area contributed by atoms with Crippen LogP contribution in [0.2, 0.25) is 0 Å². The third-order valence-electron chi connectivity index (χ3n) is 3.66. The van der Waals surface area contributed by atoms with E-state index < -0.39 is 0 Å². The Kier molecular flexibility index (Phi) is 5.84. The Morgan fingerprint density at radius 3 is 2.25 bits per heavy atom. The van der Waals surface area contributed by atoms with Crippen molar-refractivity contribution in [2.45, 2.75) is 19.8 Å². The smallest absolute Gasteiger partial charge is 0.251 e. The minimum Gasteiger partial charge on any atom is -0.355 e. The van der Waals surface area contributed by atoms with Crippen molar-refractivity contribution in [3.63, 3.8) is 0 Å². The van der Waals surface area contributed by atoms with Gasteiger partial charge in [-0.15, -0.1) is 0 Å². The molecule has 0 aromatic heterocycles. The van der Waals surface area contributed by atoms with Gasteiger partial charge in [0.15, 0.2) is 5.78 Å². The molecule has 0 bridgehead atoms. The highest BCUT2D eigenvalue weighted by molar-refractivity contribution is 6.00. The van der Waals surface area contributed by atoms with Crippen LogP contribution in [-0.4, -0.2) is 24.6 Å². The summed E-state index contributed by atoms with van der Waals surface area (Å²) < 4.78 is 0. The highest BCUT2D eigenvalue weighted by Crippen LogP contribution is 2.17. The molecular formula is C19H20N2O3. The predicted molar refractivity (Wildman–Crippen MR) is 93.2 cm³/mol. The first-order chi connectivity index (χ1) is 11.5. The Morgan fingerprint density at radius 1 is 0.917 bits per heavy atom. The number of amides is 2. The first-order valence-corrected chi connectivity index (χ1v) is 7.72. The van der Waals surface area contributed by atoms with Crippen LogP contribution in [0.3, 0.4) is 0 Å². The zero-order valence-electron chi connectivity index (χ0n) is 13.8. The second-order valence-electron chi connectivity index (χ2n) is 5.45. The molecule has 0 unspecified atom stereocenters. The third kappa shape index (κ3) is 4.52. The molecular weight excluding hydrogens is 304 g/mol. The molecule has 2 aromatic rings. The van der Waals surface area contributed by atoms with Gasteiger partial charge < -0.3 is 10.6 Å². The van der Waals surface area contributed by atoms with Crippen LogP contribution in [0.15, 0.2) is 48.5 Å². The summed E-state index contributed by atoms with van der Waals surface area (Å²) in [4.78, 5) is 35.6. The largest absolute Gasteiger partial charge is 0.355 e. The fourth-order valence-corrected chi connectivity index (χ4v) is 2.30. The maximum absolute atomic E-state index is 12.0. The number of ketones is 1. The van der Waals surface area contributed by atoms with E-state index in [9.17, 15) is 14.4 Å². The van der Waals surface area contributed by atoms with E-state index in [0.29, 0.717) is 16.8 Å². The molecule has 0 saturated carbocycles. The molecule has 2 N–H and O–H groups in total. The third-order valence-corrected chi connectivity index (χ3v) is 3.66. The summed E-state index contributed by atoms with van der Waals surface area (Å²) in [6.45, 7) is 1.82. The first kappa shape index (κ1) is 17.4. The molecule has 0 heterocycles. The SMILES string of the molecule is CNC(=O)c1ccc(NC(=O)CCC(=O)c2ccccc2)c(C)c1. The molecule has 0 aliphatic heterocycles. The van der Waals surface area contributed by atoms with E-state index in [1.807, 2.05) is 13.0 Å². The molecule has 124 valence electrons. The lowest BCUT2D eigenvalue weighted by atomic mass is 10.1. The molecule has 5 nitrogen and oxygen atoms in total. The van der Waals surface area contributed by atoms with Crippen LogP contribution in [0.25, 0.3) is 0 Å². The molecule has 5 heteroatoms. The van der Waals surface area contributed by atoms with Crippen LogP contribution in [-0.2, 0) is 4.79 Å². The van der Waals surface area contributed by atoms with Crippen molar-refractivity contribution in [3.8, 4) is 0 Å². The molecule has 2 aromatic carbocycles. The minimum absolute atomic E-state index is 0.0579. The molecule has 0 saturated heterocycles. The summed E-state index contributed by atoms with van der Waals surface area (Å²) in [5.41, 5.74) is 2.57. The number of hydrogen-bond acceptors (Lipinski definition) is 3. The first-order valence-electron chi connectivity index (χ1n) is 7.72. The van der Waals surface area contributed by atoms with Crippen molar-refractivity contribution in [1.29, 1.82) is 0 Å². The summed E-state index contributed by atoms with van der Waals surface area (Å²) in [7, 11) is 1.57. The lowest BCUT2D eigenvalue weighted by Gasteiger charge is -2.10. The van der Waals surface area contributed by atoms with Gasteiger partial charge in [-0.3, -0.25) is 14.4 Å². The summed E-state index contributed by atoms with van der Waals surface area (Å²) >= 11 is 0. The van der Waals surface area contributed by atoms with Gasteiger partial charge in [0.25, 0.3) is 5.91 Å². The van der Waals surface area contributed by atoms with Crippen molar-refractivity contribution in [2.75, 3.05) is 12.4 Å². The summed E-state index contributed by atoms with van der Waals surface area (Å²) in [6.07, 6.45) is 0.273. The maximum atomic E-state index is 12.0.